The van der Waals surface area contributed by atoms with Crippen LogP contribution in [-0.2, 0) is 4.79 Å². The summed E-state index contributed by atoms with van der Waals surface area (Å²) in [6.07, 6.45) is -0.751. The lowest BCUT2D eigenvalue weighted by Crippen LogP contribution is -2.30. The second kappa shape index (κ2) is 9.78. The SMILES string of the molecule is CCOc1ccc(NC(=O)[C@@H](C)Oc2ccccc2-c2nnc(-c3ccccc3)o2)cc1. The number of hydrogen-bond donors (Lipinski definition) is 1. The molecule has 0 saturated carbocycles. The van der Waals surface area contributed by atoms with Gasteiger partial charge in [-0.05, 0) is 62.4 Å². The van der Waals surface area contributed by atoms with Crippen molar-refractivity contribution in [1.82, 2.24) is 10.2 Å². The molecule has 0 spiro atoms. The molecule has 0 aliphatic rings. The van der Waals surface area contributed by atoms with Gasteiger partial charge in [0, 0.05) is 11.3 Å². The standard InChI is InChI=1S/C25H23N3O4/c1-3-30-20-15-13-19(14-16-20)26-23(29)17(2)31-22-12-8-7-11-21(22)25-28-27-24(32-25)18-9-5-4-6-10-18/h4-17H,3H2,1-2H3,(H,26,29)/t17-/m1/s1. The molecule has 7 heteroatoms. The Morgan fingerprint density at radius 3 is 2.38 bits per heavy atom. The van der Waals surface area contributed by atoms with Crippen LogP contribution in [0.5, 0.6) is 11.5 Å². The van der Waals surface area contributed by atoms with Crippen molar-refractivity contribution in [2.24, 2.45) is 0 Å². The third kappa shape index (κ3) is 4.95. The largest absolute Gasteiger partial charge is 0.494 e. The summed E-state index contributed by atoms with van der Waals surface area (Å²) in [5, 5.41) is 11.1. The Bertz CT molecular complexity index is 1170. The van der Waals surface area contributed by atoms with Crippen molar-refractivity contribution in [3.05, 3.63) is 78.9 Å². The molecule has 1 N–H and O–H groups in total. The number of anilines is 1. The van der Waals surface area contributed by atoms with E-state index in [1.54, 1.807) is 37.3 Å². The lowest BCUT2D eigenvalue weighted by Gasteiger charge is -2.16. The number of carbonyl (C=O) groups is 1. The molecule has 1 aromatic heterocycles. The van der Waals surface area contributed by atoms with Crippen LogP contribution in [0.4, 0.5) is 5.69 Å². The minimum absolute atomic E-state index is 0.278. The Morgan fingerprint density at radius 2 is 1.62 bits per heavy atom. The van der Waals surface area contributed by atoms with Gasteiger partial charge >= 0.3 is 0 Å². The van der Waals surface area contributed by atoms with Gasteiger partial charge in [0.1, 0.15) is 11.5 Å². The quantitative estimate of drug-likeness (QED) is 0.414. The lowest BCUT2D eigenvalue weighted by molar-refractivity contribution is -0.122. The highest BCUT2D eigenvalue weighted by atomic mass is 16.5. The van der Waals surface area contributed by atoms with E-state index in [1.807, 2.05) is 55.5 Å². The van der Waals surface area contributed by atoms with Gasteiger partial charge in [-0.2, -0.15) is 0 Å². The van der Waals surface area contributed by atoms with E-state index in [2.05, 4.69) is 15.5 Å². The van der Waals surface area contributed by atoms with Crippen molar-refractivity contribution in [3.63, 3.8) is 0 Å². The zero-order valence-corrected chi connectivity index (χ0v) is 17.8. The van der Waals surface area contributed by atoms with Gasteiger partial charge < -0.3 is 19.2 Å². The minimum atomic E-state index is -0.751. The zero-order chi connectivity index (χ0) is 22.3. The second-order valence-electron chi connectivity index (χ2n) is 6.98. The van der Waals surface area contributed by atoms with Crippen molar-refractivity contribution in [3.8, 4) is 34.4 Å². The summed E-state index contributed by atoms with van der Waals surface area (Å²) >= 11 is 0. The van der Waals surface area contributed by atoms with E-state index in [1.165, 1.54) is 0 Å². The van der Waals surface area contributed by atoms with Crippen LogP contribution in [0, 0.1) is 0 Å². The number of benzene rings is 3. The molecule has 162 valence electrons. The van der Waals surface area contributed by atoms with Gasteiger partial charge in [0.2, 0.25) is 5.89 Å². The van der Waals surface area contributed by atoms with Crippen LogP contribution in [0.3, 0.4) is 0 Å². The fraction of sp³-hybridized carbons (Fsp3) is 0.160. The summed E-state index contributed by atoms with van der Waals surface area (Å²) in [5.74, 6) is 1.68. The van der Waals surface area contributed by atoms with Crippen molar-refractivity contribution in [1.29, 1.82) is 0 Å². The summed E-state index contributed by atoms with van der Waals surface area (Å²) in [5.41, 5.74) is 2.10. The van der Waals surface area contributed by atoms with E-state index in [4.69, 9.17) is 13.9 Å². The Balaban J connectivity index is 1.47. The van der Waals surface area contributed by atoms with Gasteiger partial charge in [-0.15, -0.1) is 10.2 Å². The molecule has 0 aliphatic heterocycles. The number of nitrogens with one attached hydrogen (secondary N) is 1. The van der Waals surface area contributed by atoms with E-state index >= 15 is 0 Å². The fourth-order valence-electron chi connectivity index (χ4n) is 3.06. The van der Waals surface area contributed by atoms with E-state index in [0.717, 1.165) is 11.3 Å². The molecule has 1 atom stereocenters. The topological polar surface area (TPSA) is 86.5 Å². The van der Waals surface area contributed by atoms with Crippen molar-refractivity contribution >= 4 is 11.6 Å². The van der Waals surface area contributed by atoms with Gasteiger partial charge in [0.05, 0.1) is 12.2 Å². The number of para-hydroxylation sites is 1. The number of amides is 1. The Kier molecular flexibility index (Phi) is 6.46. The minimum Gasteiger partial charge on any atom is -0.494 e. The first kappa shape index (κ1) is 21.1. The highest BCUT2D eigenvalue weighted by molar-refractivity contribution is 5.94. The maximum absolute atomic E-state index is 12.6. The molecule has 1 amide bonds. The first-order valence-electron chi connectivity index (χ1n) is 10.3. The van der Waals surface area contributed by atoms with Crippen LogP contribution < -0.4 is 14.8 Å². The van der Waals surface area contributed by atoms with Crippen LogP contribution in [0.15, 0.2) is 83.3 Å². The number of hydrogen-bond acceptors (Lipinski definition) is 6. The molecule has 0 saturated heterocycles. The predicted octanol–water partition coefficient (Wildman–Crippen LogP) is 5.21. The molecule has 4 rings (SSSR count). The fourth-order valence-corrected chi connectivity index (χ4v) is 3.06. The normalized spacial score (nSPS) is 11.6. The maximum atomic E-state index is 12.6. The molecule has 0 fully saturated rings. The molecular weight excluding hydrogens is 406 g/mol. The Morgan fingerprint density at radius 1 is 0.938 bits per heavy atom. The molecule has 0 aliphatic carbocycles. The number of aromatic nitrogens is 2. The molecule has 0 bridgehead atoms. The molecule has 0 radical (unpaired) electrons. The smallest absolute Gasteiger partial charge is 0.265 e. The van der Waals surface area contributed by atoms with Gasteiger partial charge in [-0.1, -0.05) is 30.3 Å². The number of ether oxygens (including phenoxy) is 2. The average Bonchev–Trinajstić information content (AvgIpc) is 3.31. The van der Waals surface area contributed by atoms with Crippen LogP contribution >= 0.6 is 0 Å². The molecular formula is C25H23N3O4. The Hall–Kier alpha value is -4.13. The lowest BCUT2D eigenvalue weighted by atomic mass is 10.2. The number of nitrogens with zero attached hydrogens (tertiary/aromatic N) is 2. The summed E-state index contributed by atoms with van der Waals surface area (Å²) in [7, 11) is 0. The summed E-state index contributed by atoms with van der Waals surface area (Å²) in [6.45, 7) is 4.19. The summed E-state index contributed by atoms with van der Waals surface area (Å²) in [4.78, 5) is 12.6. The number of rotatable bonds is 8. The van der Waals surface area contributed by atoms with Crippen LogP contribution in [0.25, 0.3) is 22.9 Å². The maximum Gasteiger partial charge on any atom is 0.265 e. The van der Waals surface area contributed by atoms with Gasteiger partial charge in [0.15, 0.2) is 6.10 Å². The third-order valence-electron chi connectivity index (χ3n) is 4.67. The molecule has 32 heavy (non-hydrogen) atoms. The average molecular weight is 429 g/mol. The molecule has 0 unspecified atom stereocenters. The highest BCUT2D eigenvalue weighted by Crippen LogP contribution is 2.31. The number of carbonyl (C=O) groups excluding carboxylic acids is 1. The highest BCUT2D eigenvalue weighted by Gasteiger charge is 2.20. The van der Waals surface area contributed by atoms with Gasteiger partial charge in [-0.3, -0.25) is 4.79 Å². The van der Waals surface area contributed by atoms with Gasteiger partial charge in [-0.25, -0.2) is 0 Å². The predicted molar refractivity (Wildman–Crippen MR) is 122 cm³/mol. The van der Waals surface area contributed by atoms with Gasteiger partial charge in [0.25, 0.3) is 11.8 Å². The molecule has 7 nitrogen and oxygen atoms in total. The second-order valence-corrected chi connectivity index (χ2v) is 6.98. The van der Waals surface area contributed by atoms with Crippen molar-refractivity contribution < 1.29 is 18.7 Å². The Labute approximate surface area is 186 Å². The first-order chi connectivity index (χ1) is 15.6. The van der Waals surface area contributed by atoms with Crippen molar-refractivity contribution in [2.75, 3.05) is 11.9 Å². The van der Waals surface area contributed by atoms with E-state index in [9.17, 15) is 4.79 Å². The molecule has 4 aromatic rings. The monoisotopic (exact) mass is 429 g/mol. The zero-order valence-electron chi connectivity index (χ0n) is 17.8. The molecule has 1 heterocycles. The van der Waals surface area contributed by atoms with E-state index in [0.29, 0.717) is 35.4 Å². The van der Waals surface area contributed by atoms with E-state index in [-0.39, 0.29) is 5.91 Å². The molecule has 3 aromatic carbocycles. The van der Waals surface area contributed by atoms with E-state index < -0.39 is 6.10 Å². The first-order valence-corrected chi connectivity index (χ1v) is 10.3. The summed E-state index contributed by atoms with van der Waals surface area (Å²) < 4.78 is 17.2. The third-order valence-corrected chi connectivity index (χ3v) is 4.67. The van der Waals surface area contributed by atoms with Crippen LogP contribution in [0.2, 0.25) is 0 Å². The summed E-state index contributed by atoms with van der Waals surface area (Å²) in [6, 6.07) is 24.0. The van der Waals surface area contributed by atoms with Crippen molar-refractivity contribution in [2.45, 2.75) is 20.0 Å². The van der Waals surface area contributed by atoms with Crippen LogP contribution in [-0.4, -0.2) is 28.8 Å². The van der Waals surface area contributed by atoms with Crippen LogP contribution in [0.1, 0.15) is 13.8 Å².